The van der Waals surface area contributed by atoms with Gasteiger partial charge in [-0.1, -0.05) is 19.3 Å². The molecule has 2 atom stereocenters. The molecule has 0 amide bonds. The molecule has 0 bridgehead atoms. The summed E-state index contributed by atoms with van der Waals surface area (Å²) in [6.45, 7) is -0.423. The molecule has 0 fully saturated rings. The van der Waals surface area contributed by atoms with E-state index in [2.05, 4.69) is 0 Å². The maximum atomic E-state index is 13.0. The van der Waals surface area contributed by atoms with E-state index in [4.69, 9.17) is 4.55 Å². The molecule has 0 aromatic heterocycles. The molecule has 0 heterocycles. The van der Waals surface area contributed by atoms with Gasteiger partial charge in [0.1, 0.15) is 18.1 Å². The summed E-state index contributed by atoms with van der Waals surface area (Å²) in [5, 5.41) is 0. The van der Waals surface area contributed by atoms with Crippen molar-refractivity contribution in [2.45, 2.75) is 44.4 Å². The molecule has 0 aliphatic carbocycles. The van der Waals surface area contributed by atoms with Crippen LogP contribution in [0, 0.1) is 0 Å². The molecule has 0 saturated heterocycles. The van der Waals surface area contributed by atoms with Crippen molar-refractivity contribution in [1.29, 1.82) is 0 Å². The maximum Gasteiger partial charge on any atom is 0.267 e. The first-order chi connectivity index (χ1) is 7.37. The highest BCUT2D eigenvalue weighted by Crippen LogP contribution is 2.15. The van der Waals surface area contributed by atoms with Gasteiger partial charge in [-0.05, 0) is 12.8 Å². The summed E-state index contributed by atoms with van der Waals surface area (Å²) in [4.78, 5) is 0. The Labute approximate surface area is 99.9 Å². The Hall–Kier alpha value is -0.340. The molecule has 0 aromatic rings. The number of alkyl halides is 3. The summed E-state index contributed by atoms with van der Waals surface area (Å²) >= 11 is 0. The van der Waals surface area contributed by atoms with E-state index in [1.165, 1.54) is 0 Å². The predicted octanol–water partition coefficient (Wildman–Crippen LogP) is 2.63. The fourth-order valence-electron chi connectivity index (χ4n) is 1.27. The van der Waals surface area contributed by atoms with E-state index in [1.807, 2.05) is 0 Å². The fraction of sp³-hybridized carbons (Fsp3) is 1.00. The van der Waals surface area contributed by atoms with Crippen LogP contribution in [0.2, 0.25) is 0 Å². The normalized spacial score (nSPS) is 15.1. The van der Waals surface area contributed by atoms with Crippen LogP contribution in [-0.2, 0) is 10.1 Å². The van der Waals surface area contributed by atoms with Crippen molar-refractivity contribution < 1.29 is 26.1 Å². The first-order valence-corrected chi connectivity index (χ1v) is 6.77. The molecular formula is C9H20F3NO3S. The van der Waals surface area contributed by atoms with Crippen molar-refractivity contribution >= 4 is 10.1 Å². The van der Waals surface area contributed by atoms with E-state index in [0.717, 1.165) is 0 Å². The molecule has 0 aliphatic heterocycles. The monoisotopic (exact) mass is 279 g/mol. The van der Waals surface area contributed by atoms with Gasteiger partial charge in [0.25, 0.3) is 10.1 Å². The van der Waals surface area contributed by atoms with Crippen LogP contribution in [0.1, 0.15) is 32.1 Å². The van der Waals surface area contributed by atoms with Gasteiger partial charge in [-0.25, -0.2) is 8.78 Å². The number of unbranched alkanes of at least 4 members (excludes halogenated alkanes) is 3. The van der Waals surface area contributed by atoms with Crippen LogP contribution in [0.4, 0.5) is 13.2 Å². The zero-order valence-corrected chi connectivity index (χ0v) is 10.4. The van der Waals surface area contributed by atoms with Crippen LogP contribution in [-0.4, -0.2) is 37.7 Å². The zero-order valence-electron chi connectivity index (χ0n) is 9.62. The SMILES string of the molecule is N.O=S(=O)(O)CC(F)C(F)CCCCCCF. The highest BCUT2D eigenvalue weighted by atomic mass is 32.2. The van der Waals surface area contributed by atoms with Gasteiger partial charge < -0.3 is 6.15 Å². The summed E-state index contributed by atoms with van der Waals surface area (Å²) < 4.78 is 66.4. The summed E-state index contributed by atoms with van der Waals surface area (Å²) in [5.74, 6) is -1.21. The molecule has 0 rings (SSSR count). The minimum atomic E-state index is -4.47. The van der Waals surface area contributed by atoms with E-state index in [1.54, 1.807) is 0 Å². The van der Waals surface area contributed by atoms with Gasteiger partial charge in [-0.2, -0.15) is 8.42 Å². The number of hydrogen-bond acceptors (Lipinski definition) is 3. The molecule has 4 N–H and O–H groups in total. The van der Waals surface area contributed by atoms with Crippen molar-refractivity contribution in [2.75, 3.05) is 12.4 Å². The third-order valence-electron chi connectivity index (χ3n) is 2.13. The standard InChI is InChI=1S/C9H17F3O3S.H3N/c10-6-4-2-1-3-5-8(11)9(12)7-16(13,14)15;/h8-9H,1-7H2,(H,13,14,15);1H3. The summed E-state index contributed by atoms with van der Waals surface area (Å²) in [5.41, 5.74) is 0. The predicted molar refractivity (Wildman–Crippen MR) is 60.3 cm³/mol. The Morgan fingerprint density at radius 1 is 1.00 bits per heavy atom. The highest BCUT2D eigenvalue weighted by molar-refractivity contribution is 7.85. The summed E-state index contributed by atoms with van der Waals surface area (Å²) in [6, 6.07) is 0. The lowest BCUT2D eigenvalue weighted by Crippen LogP contribution is -2.26. The van der Waals surface area contributed by atoms with Gasteiger partial charge in [0.15, 0.2) is 0 Å². The largest absolute Gasteiger partial charge is 0.344 e. The molecule has 17 heavy (non-hydrogen) atoms. The van der Waals surface area contributed by atoms with Crippen molar-refractivity contribution in [3.8, 4) is 0 Å². The topological polar surface area (TPSA) is 89.4 Å². The van der Waals surface area contributed by atoms with Gasteiger partial charge >= 0.3 is 0 Å². The Bertz CT molecular complexity index is 275. The Kier molecular flexibility index (Phi) is 10.8. The average Bonchev–Trinajstić information content (AvgIpc) is 2.14. The van der Waals surface area contributed by atoms with E-state index in [0.29, 0.717) is 25.7 Å². The Morgan fingerprint density at radius 3 is 2.00 bits per heavy atom. The molecule has 4 nitrogen and oxygen atoms in total. The first-order valence-electron chi connectivity index (χ1n) is 5.16. The van der Waals surface area contributed by atoms with Crippen molar-refractivity contribution in [1.82, 2.24) is 6.15 Å². The summed E-state index contributed by atoms with van der Waals surface area (Å²) in [7, 11) is -4.47. The van der Waals surface area contributed by atoms with E-state index < -0.39 is 34.9 Å². The molecule has 0 aliphatic rings. The number of hydrogen-bond donors (Lipinski definition) is 2. The first kappa shape index (κ1) is 19.0. The molecule has 2 unspecified atom stereocenters. The smallest absolute Gasteiger partial charge is 0.267 e. The van der Waals surface area contributed by atoms with Crippen LogP contribution < -0.4 is 6.15 Å². The fourth-order valence-corrected chi connectivity index (χ4v) is 1.89. The zero-order chi connectivity index (χ0) is 12.6. The highest BCUT2D eigenvalue weighted by Gasteiger charge is 2.25. The molecule has 0 aromatic carbocycles. The van der Waals surface area contributed by atoms with E-state index in [9.17, 15) is 21.6 Å². The molecule has 0 spiro atoms. The van der Waals surface area contributed by atoms with Gasteiger partial charge in [-0.15, -0.1) is 0 Å². The third kappa shape index (κ3) is 11.9. The lowest BCUT2D eigenvalue weighted by Gasteiger charge is -2.11. The van der Waals surface area contributed by atoms with E-state index >= 15 is 0 Å². The Balaban J connectivity index is 0. The number of rotatable bonds is 9. The van der Waals surface area contributed by atoms with Crippen molar-refractivity contribution in [3.05, 3.63) is 0 Å². The van der Waals surface area contributed by atoms with Gasteiger partial charge in [0.05, 0.1) is 6.67 Å². The van der Waals surface area contributed by atoms with Crippen LogP contribution in [0.3, 0.4) is 0 Å². The third-order valence-corrected chi connectivity index (χ3v) is 2.87. The lowest BCUT2D eigenvalue weighted by atomic mass is 10.1. The molecule has 8 heteroatoms. The van der Waals surface area contributed by atoms with Gasteiger partial charge in [0, 0.05) is 0 Å². The number of halogens is 3. The van der Waals surface area contributed by atoms with Crippen molar-refractivity contribution in [2.24, 2.45) is 0 Å². The maximum absolute atomic E-state index is 13.0. The minimum Gasteiger partial charge on any atom is -0.344 e. The van der Waals surface area contributed by atoms with Crippen LogP contribution >= 0.6 is 0 Å². The van der Waals surface area contributed by atoms with Crippen molar-refractivity contribution in [3.63, 3.8) is 0 Å². The van der Waals surface area contributed by atoms with Gasteiger partial charge in [-0.3, -0.25) is 8.94 Å². The second-order valence-corrected chi connectivity index (χ2v) is 5.17. The second kappa shape index (κ2) is 9.67. The van der Waals surface area contributed by atoms with Crippen LogP contribution in [0.5, 0.6) is 0 Å². The minimum absolute atomic E-state index is 0. The average molecular weight is 279 g/mol. The molecular weight excluding hydrogens is 259 g/mol. The molecule has 0 radical (unpaired) electrons. The van der Waals surface area contributed by atoms with Gasteiger partial charge in [0.2, 0.25) is 0 Å². The lowest BCUT2D eigenvalue weighted by molar-refractivity contribution is 0.169. The second-order valence-electron chi connectivity index (χ2n) is 3.67. The summed E-state index contributed by atoms with van der Waals surface area (Å²) in [6.07, 6.45) is -2.22. The quantitative estimate of drug-likeness (QED) is 0.501. The Morgan fingerprint density at radius 2 is 1.53 bits per heavy atom. The molecule has 0 saturated carbocycles. The van der Waals surface area contributed by atoms with Crippen LogP contribution in [0.25, 0.3) is 0 Å². The van der Waals surface area contributed by atoms with E-state index in [-0.39, 0.29) is 12.6 Å². The van der Waals surface area contributed by atoms with Crippen LogP contribution in [0.15, 0.2) is 0 Å². The molecule has 106 valence electrons.